The monoisotopic (exact) mass is 263 g/mol. The molecule has 4 heteroatoms. The average molecular weight is 263 g/mol. The predicted octanol–water partition coefficient (Wildman–Crippen LogP) is 2.19. The molecule has 1 fully saturated rings. The third kappa shape index (κ3) is 4.18. The second-order valence-electron chi connectivity index (χ2n) is 6.24. The van der Waals surface area contributed by atoms with Crippen LogP contribution in [0, 0.1) is 0 Å². The number of morpholine rings is 1. The lowest BCUT2D eigenvalue weighted by molar-refractivity contribution is 0.0985. The van der Waals surface area contributed by atoms with Crippen molar-refractivity contribution >= 4 is 5.82 Å². The maximum absolute atomic E-state index is 5.47. The Balaban J connectivity index is 2.06. The third-order valence-electron chi connectivity index (χ3n) is 3.29. The van der Waals surface area contributed by atoms with Gasteiger partial charge in [-0.15, -0.1) is 0 Å². The molecule has 2 rings (SSSR count). The zero-order valence-electron chi connectivity index (χ0n) is 12.4. The molecule has 4 nitrogen and oxygen atoms in total. The second-order valence-corrected chi connectivity index (χ2v) is 6.24. The Bertz CT molecular complexity index is 414. The summed E-state index contributed by atoms with van der Waals surface area (Å²) in [5, 5.41) is 3.51. The number of anilines is 1. The molecule has 1 saturated heterocycles. The number of pyridine rings is 1. The maximum atomic E-state index is 5.47. The number of nitrogens with one attached hydrogen (secondary N) is 1. The molecule has 19 heavy (non-hydrogen) atoms. The highest BCUT2D eigenvalue weighted by atomic mass is 16.5. The lowest BCUT2D eigenvalue weighted by atomic mass is 10.1. The van der Waals surface area contributed by atoms with Crippen molar-refractivity contribution in [3.63, 3.8) is 0 Å². The van der Waals surface area contributed by atoms with E-state index in [1.54, 1.807) is 0 Å². The third-order valence-corrected chi connectivity index (χ3v) is 3.29. The van der Waals surface area contributed by atoms with Gasteiger partial charge in [-0.3, -0.25) is 0 Å². The van der Waals surface area contributed by atoms with E-state index in [1.807, 2.05) is 6.20 Å². The van der Waals surface area contributed by atoms with Crippen molar-refractivity contribution in [2.45, 2.75) is 45.8 Å². The van der Waals surface area contributed by atoms with Crippen LogP contribution in [0.15, 0.2) is 18.3 Å². The smallest absolute Gasteiger partial charge is 0.129 e. The van der Waals surface area contributed by atoms with Gasteiger partial charge in [0.25, 0.3) is 0 Å². The van der Waals surface area contributed by atoms with E-state index in [0.717, 1.165) is 32.1 Å². The van der Waals surface area contributed by atoms with Crippen LogP contribution < -0.4 is 10.2 Å². The SMILES string of the molecule is CC1COCCN1c1cc(CNC(C)(C)C)ccn1. The largest absolute Gasteiger partial charge is 0.377 e. The molecule has 1 unspecified atom stereocenters. The highest BCUT2D eigenvalue weighted by Gasteiger charge is 2.20. The van der Waals surface area contributed by atoms with Crippen LogP contribution in [0.4, 0.5) is 5.82 Å². The summed E-state index contributed by atoms with van der Waals surface area (Å²) >= 11 is 0. The molecule has 106 valence electrons. The van der Waals surface area contributed by atoms with Gasteiger partial charge in [0.1, 0.15) is 5.82 Å². The van der Waals surface area contributed by atoms with E-state index in [-0.39, 0.29) is 5.54 Å². The molecule has 0 aliphatic carbocycles. The first-order chi connectivity index (χ1) is 8.96. The first-order valence-electron chi connectivity index (χ1n) is 7.00. The topological polar surface area (TPSA) is 37.4 Å². The molecule has 0 saturated carbocycles. The van der Waals surface area contributed by atoms with Crippen LogP contribution in [0.25, 0.3) is 0 Å². The van der Waals surface area contributed by atoms with E-state index in [0.29, 0.717) is 6.04 Å². The summed E-state index contributed by atoms with van der Waals surface area (Å²) in [6.45, 7) is 12.1. The van der Waals surface area contributed by atoms with Crippen molar-refractivity contribution in [3.8, 4) is 0 Å². The summed E-state index contributed by atoms with van der Waals surface area (Å²) in [5.74, 6) is 1.06. The van der Waals surface area contributed by atoms with Crippen LogP contribution in [-0.2, 0) is 11.3 Å². The Hall–Kier alpha value is -1.13. The fourth-order valence-electron chi connectivity index (χ4n) is 2.16. The Kier molecular flexibility index (Phi) is 4.42. The Morgan fingerprint density at radius 1 is 1.47 bits per heavy atom. The number of hydrogen-bond acceptors (Lipinski definition) is 4. The molecule has 0 bridgehead atoms. The molecule has 1 aliphatic heterocycles. The van der Waals surface area contributed by atoms with Gasteiger partial charge in [-0.1, -0.05) is 0 Å². The molecule has 1 aliphatic rings. The summed E-state index contributed by atoms with van der Waals surface area (Å²) < 4.78 is 5.47. The van der Waals surface area contributed by atoms with Gasteiger partial charge in [0.2, 0.25) is 0 Å². The van der Waals surface area contributed by atoms with E-state index >= 15 is 0 Å². The minimum absolute atomic E-state index is 0.135. The lowest BCUT2D eigenvalue weighted by Crippen LogP contribution is -2.44. The van der Waals surface area contributed by atoms with Crippen molar-refractivity contribution in [2.75, 3.05) is 24.7 Å². The molecule has 2 heterocycles. The van der Waals surface area contributed by atoms with Gasteiger partial charge in [0, 0.05) is 24.8 Å². The van der Waals surface area contributed by atoms with Crippen molar-refractivity contribution in [1.29, 1.82) is 0 Å². The standard InChI is InChI=1S/C15H25N3O/c1-12-11-19-8-7-18(12)14-9-13(5-6-16-14)10-17-15(2,3)4/h5-6,9,12,17H,7-8,10-11H2,1-4H3. The summed E-state index contributed by atoms with van der Waals surface area (Å²) in [6.07, 6.45) is 1.90. The number of ether oxygens (including phenoxy) is 1. The van der Waals surface area contributed by atoms with Crippen molar-refractivity contribution in [3.05, 3.63) is 23.9 Å². The van der Waals surface area contributed by atoms with Crippen LogP contribution in [-0.4, -0.2) is 36.3 Å². The van der Waals surface area contributed by atoms with Crippen LogP contribution >= 0.6 is 0 Å². The Morgan fingerprint density at radius 2 is 2.26 bits per heavy atom. The van der Waals surface area contributed by atoms with Gasteiger partial charge in [0.05, 0.1) is 19.3 Å². The predicted molar refractivity (Wildman–Crippen MR) is 78.5 cm³/mol. The fourth-order valence-corrected chi connectivity index (χ4v) is 2.16. The molecule has 0 spiro atoms. The summed E-state index contributed by atoms with van der Waals surface area (Å²) in [5.41, 5.74) is 1.41. The van der Waals surface area contributed by atoms with Crippen molar-refractivity contribution in [1.82, 2.24) is 10.3 Å². The van der Waals surface area contributed by atoms with Crippen molar-refractivity contribution < 1.29 is 4.74 Å². The summed E-state index contributed by atoms with van der Waals surface area (Å²) in [7, 11) is 0. The fraction of sp³-hybridized carbons (Fsp3) is 0.667. The van der Waals surface area contributed by atoms with Crippen LogP contribution in [0.2, 0.25) is 0 Å². The maximum Gasteiger partial charge on any atom is 0.129 e. The molecule has 0 radical (unpaired) electrons. The molecular formula is C15H25N3O. The number of rotatable bonds is 3. The first kappa shape index (κ1) is 14.3. The number of nitrogens with zero attached hydrogens (tertiary/aromatic N) is 2. The number of aromatic nitrogens is 1. The van der Waals surface area contributed by atoms with Crippen molar-refractivity contribution in [2.24, 2.45) is 0 Å². The van der Waals surface area contributed by atoms with Gasteiger partial charge in [0.15, 0.2) is 0 Å². The van der Waals surface area contributed by atoms with Crippen LogP contribution in [0.5, 0.6) is 0 Å². The molecule has 0 aromatic carbocycles. The highest BCUT2D eigenvalue weighted by molar-refractivity contribution is 5.42. The number of hydrogen-bond donors (Lipinski definition) is 1. The Morgan fingerprint density at radius 3 is 2.95 bits per heavy atom. The normalized spacial score (nSPS) is 20.6. The van der Waals surface area contributed by atoms with Crippen LogP contribution in [0.1, 0.15) is 33.3 Å². The van der Waals surface area contributed by atoms with Crippen LogP contribution in [0.3, 0.4) is 0 Å². The van der Waals surface area contributed by atoms with Gasteiger partial charge in [-0.25, -0.2) is 4.98 Å². The minimum Gasteiger partial charge on any atom is -0.377 e. The van der Waals surface area contributed by atoms with Gasteiger partial charge in [-0.2, -0.15) is 0 Å². The van der Waals surface area contributed by atoms with E-state index in [2.05, 4.69) is 55.0 Å². The second kappa shape index (κ2) is 5.88. The molecule has 1 atom stereocenters. The molecule has 1 N–H and O–H groups in total. The van der Waals surface area contributed by atoms with Gasteiger partial charge >= 0.3 is 0 Å². The summed E-state index contributed by atoms with van der Waals surface area (Å²) in [4.78, 5) is 6.82. The molecule has 1 aromatic rings. The molecule has 0 amide bonds. The zero-order chi connectivity index (χ0) is 13.9. The van der Waals surface area contributed by atoms with E-state index in [9.17, 15) is 0 Å². The lowest BCUT2D eigenvalue weighted by Gasteiger charge is -2.34. The first-order valence-corrected chi connectivity index (χ1v) is 7.00. The minimum atomic E-state index is 0.135. The average Bonchev–Trinajstić information content (AvgIpc) is 2.36. The quantitative estimate of drug-likeness (QED) is 0.907. The highest BCUT2D eigenvalue weighted by Crippen LogP contribution is 2.18. The Labute approximate surface area is 116 Å². The summed E-state index contributed by atoms with van der Waals surface area (Å²) in [6, 6.07) is 4.65. The van der Waals surface area contributed by atoms with Gasteiger partial charge < -0.3 is 15.0 Å². The molecule has 1 aromatic heterocycles. The van der Waals surface area contributed by atoms with Gasteiger partial charge in [-0.05, 0) is 45.4 Å². The van der Waals surface area contributed by atoms with E-state index in [1.165, 1.54) is 5.56 Å². The zero-order valence-corrected chi connectivity index (χ0v) is 12.4. The van der Waals surface area contributed by atoms with E-state index < -0.39 is 0 Å². The molecular weight excluding hydrogens is 238 g/mol. The van der Waals surface area contributed by atoms with E-state index in [4.69, 9.17) is 4.74 Å².